The van der Waals surface area contributed by atoms with Crippen LogP contribution in [-0.2, 0) is 11.3 Å². The Hall–Kier alpha value is -2.31. The zero-order valence-corrected chi connectivity index (χ0v) is 15.9. The molecule has 3 heterocycles. The summed E-state index contributed by atoms with van der Waals surface area (Å²) in [4.78, 5) is 9.22. The molecule has 142 valence electrons. The highest BCUT2D eigenvalue weighted by atomic mass is 16.5. The molecule has 1 aliphatic rings. The Labute approximate surface area is 159 Å². The highest BCUT2D eigenvalue weighted by molar-refractivity contribution is 5.81. The van der Waals surface area contributed by atoms with Crippen molar-refractivity contribution >= 4 is 10.9 Å². The van der Waals surface area contributed by atoms with Crippen LogP contribution in [0.4, 0.5) is 0 Å². The predicted octanol–water partition coefficient (Wildman–Crippen LogP) is 4.00. The largest absolute Gasteiger partial charge is 0.381 e. The van der Waals surface area contributed by atoms with E-state index in [0.29, 0.717) is 18.4 Å². The standard InChI is InChI=1S/C21H26N4O2/c1-14(2)20-24-21(27-25-20)19(16-8-11-26-12-9-16)23-13-17-6-3-5-15-7-4-10-22-18(15)17/h3-7,10,14,16,19,23H,8-9,11-13H2,1-2H3. The van der Waals surface area contributed by atoms with E-state index in [9.17, 15) is 0 Å². The number of para-hydroxylation sites is 1. The first-order valence-corrected chi connectivity index (χ1v) is 9.69. The van der Waals surface area contributed by atoms with E-state index >= 15 is 0 Å². The summed E-state index contributed by atoms with van der Waals surface area (Å²) in [7, 11) is 0. The van der Waals surface area contributed by atoms with Crippen LogP contribution in [0.15, 0.2) is 41.1 Å². The maximum absolute atomic E-state index is 5.64. The van der Waals surface area contributed by atoms with Crippen LogP contribution in [0.5, 0.6) is 0 Å². The Bertz CT molecular complexity index is 881. The van der Waals surface area contributed by atoms with Crippen LogP contribution in [0.1, 0.15) is 55.9 Å². The monoisotopic (exact) mass is 366 g/mol. The molecule has 0 spiro atoms. The van der Waals surface area contributed by atoms with Crippen LogP contribution in [0.2, 0.25) is 0 Å². The average Bonchev–Trinajstić information content (AvgIpc) is 3.19. The summed E-state index contributed by atoms with van der Waals surface area (Å²) in [5.41, 5.74) is 2.21. The first-order chi connectivity index (χ1) is 13.2. The molecule has 27 heavy (non-hydrogen) atoms. The normalized spacial score (nSPS) is 16.9. The van der Waals surface area contributed by atoms with Crippen molar-refractivity contribution in [2.45, 2.75) is 45.2 Å². The Kier molecular flexibility index (Phi) is 5.45. The van der Waals surface area contributed by atoms with Gasteiger partial charge in [-0.2, -0.15) is 4.98 Å². The van der Waals surface area contributed by atoms with E-state index in [2.05, 4.69) is 58.6 Å². The van der Waals surface area contributed by atoms with E-state index in [1.807, 2.05) is 12.3 Å². The van der Waals surface area contributed by atoms with E-state index in [-0.39, 0.29) is 12.0 Å². The third kappa shape index (κ3) is 4.01. The van der Waals surface area contributed by atoms with E-state index in [1.165, 1.54) is 5.56 Å². The van der Waals surface area contributed by atoms with Crippen LogP contribution in [0, 0.1) is 5.92 Å². The quantitative estimate of drug-likeness (QED) is 0.711. The van der Waals surface area contributed by atoms with Gasteiger partial charge in [-0.05, 0) is 30.4 Å². The van der Waals surface area contributed by atoms with Crippen LogP contribution >= 0.6 is 0 Å². The maximum atomic E-state index is 5.64. The fourth-order valence-electron chi connectivity index (χ4n) is 3.64. The molecule has 0 saturated carbocycles. The minimum atomic E-state index is 0.0212. The van der Waals surface area contributed by atoms with Gasteiger partial charge in [0.1, 0.15) is 0 Å². The summed E-state index contributed by atoms with van der Waals surface area (Å²) in [6.07, 6.45) is 3.82. The summed E-state index contributed by atoms with van der Waals surface area (Å²) < 4.78 is 11.2. The van der Waals surface area contributed by atoms with Crippen molar-refractivity contribution in [3.05, 3.63) is 53.8 Å². The maximum Gasteiger partial charge on any atom is 0.244 e. The molecule has 0 amide bonds. The Morgan fingerprint density at radius 1 is 1.15 bits per heavy atom. The summed E-state index contributed by atoms with van der Waals surface area (Å²) in [5, 5.41) is 8.99. The molecule has 1 saturated heterocycles. The van der Waals surface area contributed by atoms with Gasteiger partial charge in [0.15, 0.2) is 5.82 Å². The molecule has 2 aromatic heterocycles. The summed E-state index contributed by atoms with van der Waals surface area (Å²) in [5.74, 6) is 2.11. The molecule has 1 fully saturated rings. The zero-order chi connectivity index (χ0) is 18.6. The third-order valence-electron chi connectivity index (χ3n) is 5.21. The number of fused-ring (bicyclic) bond motifs is 1. The molecule has 6 nitrogen and oxygen atoms in total. The first-order valence-electron chi connectivity index (χ1n) is 9.69. The van der Waals surface area contributed by atoms with Gasteiger partial charge in [0.2, 0.25) is 5.89 Å². The highest BCUT2D eigenvalue weighted by Gasteiger charge is 2.30. The molecule has 0 radical (unpaired) electrons. The van der Waals surface area contributed by atoms with Gasteiger partial charge in [-0.15, -0.1) is 0 Å². The molecular formula is C21H26N4O2. The Morgan fingerprint density at radius 2 is 1.96 bits per heavy atom. The van der Waals surface area contributed by atoms with Crippen molar-refractivity contribution in [2.24, 2.45) is 5.92 Å². The van der Waals surface area contributed by atoms with Gasteiger partial charge in [-0.25, -0.2) is 0 Å². The second-order valence-corrected chi connectivity index (χ2v) is 7.45. The second kappa shape index (κ2) is 8.15. The summed E-state index contributed by atoms with van der Waals surface area (Å²) in [6, 6.07) is 10.4. The number of hydrogen-bond acceptors (Lipinski definition) is 6. The lowest BCUT2D eigenvalue weighted by Gasteiger charge is -2.28. The van der Waals surface area contributed by atoms with Gasteiger partial charge in [-0.1, -0.05) is 43.3 Å². The zero-order valence-electron chi connectivity index (χ0n) is 15.9. The van der Waals surface area contributed by atoms with Gasteiger partial charge in [0.05, 0.1) is 11.6 Å². The lowest BCUT2D eigenvalue weighted by molar-refractivity contribution is 0.0485. The van der Waals surface area contributed by atoms with Crippen molar-refractivity contribution in [3.8, 4) is 0 Å². The molecule has 1 aromatic carbocycles. The Morgan fingerprint density at radius 3 is 2.74 bits per heavy atom. The molecule has 6 heteroatoms. The predicted molar refractivity (Wildman–Crippen MR) is 103 cm³/mol. The molecule has 1 unspecified atom stereocenters. The van der Waals surface area contributed by atoms with Crippen molar-refractivity contribution in [3.63, 3.8) is 0 Å². The number of aromatic nitrogens is 3. The number of benzene rings is 1. The van der Waals surface area contributed by atoms with Gasteiger partial charge >= 0.3 is 0 Å². The van der Waals surface area contributed by atoms with Crippen molar-refractivity contribution in [2.75, 3.05) is 13.2 Å². The molecule has 1 N–H and O–H groups in total. The van der Waals surface area contributed by atoms with Crippen molar-refractivity contribution in [1.29, 1.82) is 0 Å². The summed E-state index contributed by atoms with van der Waals surface area (Å²) >= 11 is 0. The number of ether oxygens (including phenoxy) is 1. The van der Waals surface area contributed by atoms with Crippen LogP contribution in [0.25, 0.3) is 10.9 Å². The molecule has 4 rings (SSSR count). The Balaban J connectivity index is 1.58. The van der Waals surface area contributed by atoms with Gasteiger partial charge in [-0.3, -0.25) is 4.98 Å². The lowest BCUT2D eigenvalue weighted by atomic mass is 9.91. The number of nitrogens with one attached hydrogen (secondary N) is 1. The van der Waals surface area contributed by atoms with Gasteiger partial charge in [0.25, 0.3) is 0 Å². The smallest absolute Gasteiger partial charge is 0.244 e. The van der Waals surface area contributed by atoms with E-state index in [4.69, 9.17) is 9.26 Å². The highest BCUT2D eigenvalue weighted by Crippen LogP contribution is 2.30. The molecular weight excluding hydrogens is 340 g/mol. The fraction of sp³-hybridized carbons (Fsp3) is 0.476. The number of nitrogens with zero attached hydrogens (tertiary/aromatic N) is 3. The molecule has 1 aliphatic heterocycles. The summed E-state index contributed by atoms with van der Waals surface area (Å²) in [6.45, 7) is 6.42. The minimum absolute atomic E-state index is 0.0212. The van der Waals surface area contributed by atoms with Crippen molar-refractivity contribution < 1.29 is 9.26 Å². The van der Waals surface area contributed by atoms with Crippen LogP contribution in [-0.4, -0.2) is 28.3 Å². The number of hydrogen-bond donors (Lipinski definition) is 1. The number of pyridine rings is 1. The van der Waals surface area contributed by atoms with Gasteiger partial charge in [0, 0.05) is 37.3 Å². The fourth-order valence-corrected chi connectivity index (χ4v) is 3.64. The van der Waals surface area contributed by atoms with Gasteiger partial charge < -0.3 is 14.6 Å². The van der Waals surface area contributed by atoms with E-state index < -0.39 is 0 Å². The van der Waals surface area contributed by atoms with Crippen LogP contribution in [0.3, 0.4) is 0 Å². The van der Waals surface area contributed by atoms with E-state index in [1.54, 1.807) is 0 Å². The molecule has 0 bridgehead atoms. The lowest BCUT2D eigenvalue weighted by Crippen LogP contribution is -2.32. The average molecular weight is 366 g/mol. The second-order valence-electron chi connectivity index (χ2n) is 7.45. The minimum Gasteiger partial charge on any atom is -0.381 e. The molecule has 1 atom stereocenters. The molecule has 0 aliphatic carbocycles. The number of rotatable bonds is 6. The van der Waals surface area contributed by atoms with Crippen LogP contribution < -0.4 is 5.32 Å². The molecule has 3 aromatic rings. The first kappa shape index (κ1) is 18.1. The van der Waals surface area contributed by atoms with Crippen molar-refractivity contribution in [1.82, 2.24) is 20.4 Å². The SMILES string of the molecule is CC(C)c1noc(C(NCc2cccc3cccnc23)C2CCOCC2)n1. The van der Waals surface area contributed by atoms with E-state index in [0.717, 1.165) is 42.8 Å². The topological polar surface area (TPSA) is 73.1 Å². The third-order valence-corrected chi connectivity index (χ3v) is 5.21.